The highest BCUT2D eigenvalue weighted by Crippen LogP contribution is 2.28. The molecule has 2 aromatic heterocycles. The van der Waals surface area contributed by atoms with Gasteiger partial charge in [0.25, 0.3) is 0 Å². The molecule has 1 aliphatic rings. The Kier molecular flexibility index (Phi) is 3.43. The molecule has 0 unspecified atom stereocenters. The molecule has 0 saturated carbocycles. The Balaban J connectivity index is 1.49. The van der Waals surface area contributed by atoms with Crippen LogP contribution in [0, 0.1) is 6.92 Å². The van der Waals surface area contributed by atoms with E-state index in [4.69, 9.17) is 11.6 Å². The molecule has 3 heterocycles. The summed E-state index contributed by atoms with van der Waals surface area (Å²) in [6.45, 7) is 5.78. The van der Waals surface area contributed by atoms with Crippen molar-refractivity contribution in [3.63, 3.8) is 0 Å². The molecule has 1 aromatic carbocycles. The van der Waals surface area contributed by atoms with Gasteiger partial charge in [-0.2, -0.15) is 0 Å². The van der Waals surface area contributed by atoms with Gasteiger partial charge in [0.15, 0.2) is 0 Å². The zero-order chi connectivity index (χ0) is 15.1. The number of aromatic nitrogens is 3. The van der Waals surface area contributed by atoms with E-state index in [2.05, 4.69) is 25.9 Å². The van der Waals surface area contributed by atoms with Crippen LogP contribution < -0.4 is 9.80 Å². The Labute approximate surface area is 137 Å². The van der Waals surface area contributed by atoms with Crippen molar-refractivity contribution in [1.82, 2.24) is 14.6 Å². The van der Waals surface area contributed by atoms with Gasteiger partial charge in [-0.3, -0.25) is 0 Å². The van der Waals surface area contributed by atoms with E-state index in [0.29, 0.717) is 0 Å². The molecule has 5 nitrogen and oxygen atoms in total. The summed E-state index contributed by atoms with van der Waals surface area (Å²) in [5.41, 5.74) is 2.13. The summed E-state index contributed by atoms with van der Waals surface area (Å²) in [6, 6.07) is 8.03. The maximum atomic E-state index is 6.29. The fraction of sp³-hybridized carbons (Fsp3) is 0.333. The lowest BCUT2D eigenvalue weighted by atomic mass is 10.2. The van der Waals surface area contributed by atoms with Crippen LogP contribution in [0.5, 0.6) is 0 Å². The molecular weight excluding hydrogens is 318 g/mol. The number of anilines is 2. The predicted octanol–water partition coefficient (Wildman–Crippen LogP) is 3.08. The van der Waals surface area contributed by atoms with Crippen molar-refractivity contribution in [3.8, 4) is 0 Å². The summed E-state index contributed by atoms with van der Waals surface area (Å²) in [5.74, 6) is 0. The molecule has 1 fully saturated rings. The number of piperazine rings is 1. The van der Waals surface area contributed by atoms with E-state index in [-0.39, 0.29) is 0 Å². The maximum Gasteiger partial charge on any atom is 0.214 e. The number of hydrogen-bond acceptors (Lipinski definition) is 5. The number of nitrogens with zero attached hydrogens (tertiary/aromatic N) is 5. The smallest absolute Gasteiger partial charge is 0.214 e. The highest BCUT2D eigenvalue weighted by Gasteiger charge is 2.21. The molecule has 1 saturated heterocycles. The molecule has 0 aliphatic carbocycles. The summed E-state index contributed by atoms with van der Waals surface area (Å²) >= 11 is 7.93. The third-order valence-electron chi connectivity index (χ3n) is 3.90. The second kappa shape index (κ2) is 5.44. The van der Waals surface area contributed by atoms with Gasteiger partial charge >= 0.3 is 0 Å². The lowest BCUT2D eigenvalue weighted by Crippen LogP contribution is -2.46. The van der Waals surface area contributed by atoms with Gasteiger partial charge in [0, 0.05) is 26.2 Å². The van der Waals surface area contributed by atoms with E-state index < -0.39 is 0 Å². The van der Waals surface area contributed by atoms with E-state index in [1.54, 1.807) is 11.3 Å². The van der Waals surface area contributed by atoms with Crippen LogP contribution in [0.3, 0.4) is 0 Å². The van der Waals surface area contributed by atoms with Crippen LogP contribution in [0.4, 0.5) is 10.8 Å². The number of halogens is 1. The molecular formula is C15H16ClN5S. The van der Waals surface area contributed by atoms with Crippen molar-refractivity contribution >= 4 is 38.7 Å². The van der Waals surface area contributed by atoms with Crippen LogP contribution >= 0.6 is 22.9 Å². The number of benzene rings is 1. The molecule has 4 rings (SSSR count). The number of rotatable bonds is 2. The second-order valence-corrected chi connectivity index (χ2v) is 6.76. The first-order valence-corrected chi connectivity index (χ1v) is 8.47. The summed E-state index contributed by atoms with van der Waals surface area (Å²) in [5, 5.41) is 6.49. The van der Waals surface area contributed by atoms with E-state index in [0.717, 1.165) is 52.7 Å². The first kappa shape index (κ1) is 13.8. The molecule has 3 aromatic rings. The lowest BCUT2D eigenvalue weighted by Gasteiger charge is -2.36. The molecule has 0 spiro atoms. The normalized spacial score (nSPS) is 15.7. The lowest BCUT2D eigenvalue weighted by molar-refractivity contribution is 0.648. The molecule has 22 heavy (non-hydrogen) atoms. The largest absolute Gasteiger partial charge is 0.367 e. The van der Waals surface area contributed by atoms with Crippen molar-refractivity contribution in [3.05, 3.63) is 41.2 Å². The van der Waals surface area contributed by atoms with E-state index >= 15 is 0 Å². The summed E-state index contributed by atoms with van der Waals surface area (Å²) < 4.78 is 1.87. The zero-order valence-corrected chi connectivity index (χ0v) is 13.8. The van der Waals surface area contributed by atoms with Gasteiger partial charge in [0.2, 0.25) is 10.1 Å². The number of imidazole rings is 1. The number of para-hydroxylation sites is 1. The minimum atomic E-state index is 0.819. The number of fused-ring (bicyclic) bond motifs is 1. The Hall–Kier alpha value is -1.79. The highest BCUT2D eigenvalue weighted by molar-refractivity contribution is 7.20. The Morgan fingerprint density at radius 2 is 1.82 bits per heavy atom. The van der Waals surface area contributed by atoms with Gasteiger partial charge in [-0.25, -0.2) is 9.50 Å². The van der Waals surface area contributed by atoms with Crippen molar-refractivity contribution in [2.24, 2.45) is 0 Å². The second-order valence-electron chi connectivity index (χ2n) is 5.42. The average Bonchev–Trinajstić information content (AvgIpc) is 3.05. The van der Waals surface area contributed by atoms with Crippen LogP contribution in [0.25, 0.3) is 4.96 Å². The molecule has 0 atom stereocenters. The molecule has 0 amide bonds. The van der Waals surface area contributed by atoms with Crippen LogP contribution in [-0.4, -0.2) is 40.8 Å². The van der Waals surface area contributed by atoms with Crippen LogP contribution in [0.2, 0.25) is 5.02 Å². The van der Waals surface area contributed by atoms with Crippen molar-refractivity contribution in [1.29, 1.82) is 0 Å². The van der Waals surface area contributed by atoms with Crippen molar-refractivity contribution < 1.29 is 0 Å². The monoisotopic (exact) mass is 333 g/mol. The van der Waals surface area contributed by atoms with Gasteiger partial charge in [0.05, 0.1) is 22.6 Å². The first-order valence-electron chi connectivity index (χ1n) is 7.28. The molecule has 114 valence electrons. The van der Waals surface area contributed by atoms with Crippen LogP contribution in [-0.2, 0) is 0 Å². The fourth-order valence-corrected chi connectivity index (χ4v) is 4.01. The summed E-state index contributed by atoms with van der Waals surface area (Å²) in [6.07, 6.45) is 1.97. The van der Waals surface area contributed by atoms with Crippen molar-refractivity contribution in [2.75, 3.05) is 36.0 Å². The third kappa shape index (κ3) is 2.42. The van der Waals surface area contributed by atoms with E-state index in [1.807, 2.05) is 35.8 Å². The van der Waals surface area contributed by atoms with Gasteiger partial charge < -0.3 is 9.80 Å². The maximum absolute atomic E-state index is 6.29. The molecule has 0 bridgehead atoms. The Morgan fingerprint density at radius 3 is 2.55 bits per heavy atom. The van der Waals surface area contributed by atoms with Crippen molar-refractivity contribution in [2.45, 2.75) is 6.92 Å². The van der Waals surface area contributed by atoms with Gasteiger partial charge in [-0.05, 0) is 19.1 Å². The predicted molar refractivity (Wildman–Crippen MR) is 91.5 cm³/mol. The molecule has 7 heteroatoms. The highest BCUT2D eigenvalue weighted by atomic mass is 35.5. The van der Waals surface area contributed by atoms with Gasteiger partial charge in [0.1, 0.15) is 0 Å². The molecule has 0 radical (unpaired) electrons. The SMILES string of the molecule is Cc1cn2nc(N3CCN(c4ccccc4Cl)CC3)sc2n1. The van der Waals surface area contributed by atoms with E-state index in [1.165, 1.54) is 0 Å². The number of hydrogen-bond donors (Lipinski definition) is 0. The quantitative estimate of drug-likeness (QED) is 0.722. The van der Waals surface area contributed by atoms with Crippen LogP contribution in [0.15, 0.2) is 30.5 Å². The Bertz CT molecular complexity index is 772. The van der Waals surface area contributed by atoms with Gasteiger partial charge in [-0.15, -0.1) is 5.10 Å². The third-order valence-corrected chi connectivity index (χ3v) is 5.20. The minimum Gasteiger partial charge on any atom is -0.367 e. The standard InChI is InChI=1S/C15H16ClN5S/c1-11-10-21-14(17-11)22-15(18-21)20-8-6-19(7-9-20)13-5-3-2-4-12(13)16/h2-5,10H,6-9H2,1H3. The first-order chi connectivity index (χ1) is 10.7. The van der Waals surface area contributed by atoms with E-state index in [9.17, 15) is 0 Å². The van der Waals surface area contributed by atoms with Crippen LogP contribution in [0.1, 0.15) is 5.69 Å². The average molecular weight is 334 g/mol. The summed E-state index contributed by atoms with van der Waals surface area (Å²) in [7, 11) is 0. The molecule has 1 aliphatic heterocycles. The molecule has 0 N–H and O–H groups in total. The Morgan fingerprint density at radius 1 is 1.09 bits per heavy atom. The minimum absolute atomic E-state index is 0.819. The zero-order valence-electron chi connectivity index (χ0n) is 12.2. The topological polar surface area (TPSA) is 36.7 Å². The number of aryl methyl sites for hydroxylation is 1. The van der Waals surface area contributed by atoms with Gasteiger partial charge in [-0.1, -0.05) is 35.1 Å². The fourth-order valence-electron chi connectivity index (χ4n) is 2.77. The summed E-state index contributed by atoms with van der Waals surface area (Å²) in [4.78, 5) is 10.1.